The monoisotopic (exact) mass is 284 g/mol. The SMILES string of the molecule is COC(=O)C(C)(N)COc1ccc(OC)c([N+](=O)[O-])c1. The summed E-state index contributed by atoms with van der Waals surface area (Å²) in [4.78, 5) is 21.6. The molecule has 0 aliphatic heterocycles. The lowest BCUT2D eigenvalue weighted by atomic mass is 10.1. The van der Waals surface area contributed by atoms with E-state index in [0.29, 0.717) is 0 Å². The van der Waals surface area contributed by atoms with E-state index in [2.05, 4.69) is 4.74 Å². The average Bonchev–Trinajstić information content (AvgIpc) is 2.43. The number of ether oxygens (including phenoxy) is 3. The number of esters is 1. The first-order chi connectivity index (χ1) is 9.31. The molecule has 0 radical (unpaired) electrons. The van der Waals surface area contributed by atoms with E-state index in [4.69, 9.17) is 15.2 Å². The van der Waals surface area contributed by atoms with Crippen LogP contribution in [0.15, 0.2) is 18.2 Å². The maximum atomic E-state index is 11.4. The largest absolute Gasteiger partial charge is 0.491 e. The summed E-state index contributed by atoms with van der Waals surface area (Å²) in [5.41, 5.74) is 4.14. The number of benzene rings is 1. The van der Waals surface area contributed by atoms with Crippen molar-refractivity contribution in [2.45, 2.75) is 12.5 Å². The number of nitrogens with zero attached hydrogens (tertiary/aromatic N) is 1. The van der Waals surface area contributed by atoms with Crippen LogP contribution in [0.5, 0.6) is 11.5 Å². The highest BCUT2D eigenvalue weighted by Crippen LogP contribution is 2.30. The summed E-state index contributed by atoms with van der Waals surface area (Å²) < 4.78 is 14.7. The summed E-state index contributed by atoms with van der Waals surface area (Å²) in [6.07, 6.45) is 0. The summed E-state index contributed by atoms with van der Waals surface area (Å²) in [5, 5.41) is 10.9. The van der Waals surface area contributed by atoms with E-state index < -0.39 is 16.4 Å². The molecule has 1 aromatic carbocycles. The Morgan fingerprint density at radius 2 is 2.10 bits per heavy atom. The molecule has 0 fully saturated rings. The van der Waals surface area contributed by atoms with Gasteiger partial charge in [-0.15, -0.1) is 0 Å². The number of hydrogen-bond acceptors (Lipinski definition) is 7. The molecule has 0 amide bonds. The van der Waals surface area contributed by atoms with Crippen molar-refractivity contribution in [1.82, 2.24) is 0 Å². The molecule has 8 nitrogen and oxygen atoms in total. The van der Waals surface area contributed by atoms with Crippen LogP contribution >= 0.6 is 0 Å². The van der Waals surface area contributed by atoms with Crippen molar-refractivity contribution in [1.29, 1.82) is 0 Å². The van der Waals surface area contributed by atoms with Crippen LogP contribution < -0.4 is 15.2 Å². The Morgan fingerprint density at radius 3 is 2.60 bits per heavy atom. The van der Waals surface area contributed by atoms with Crippen LogP contribution in [0.1, 0.15) is 6.92 Å². The number of nitrogens with two attached hydrogens (primary N) is 1. The zero-order valence-corrected chi connectivity index (χ0v) is 11.4. The van der Waals surface area contributed by atoms with Crippen molar-refractivity contribution >= 4 is 11.7 Å². The van der Waals surface area contributed by atoms with Gasteiger partial charge in [-0.25, -0.2) is 4.79 Å². The fraction of sp³-hybridized carbons (Fsp3) is 0.417. The first kappa shape index (κ1) is 15.7. The summed E-state index contributed by atoms with van der Waals surface area (Å²) in [6, 6.07) is 4.09. The highest BCUT2D eigenvalue weighted by molar-refractivity contribution is 5.80. The van der Waals surface area contributed by atoms with E-state index >= 15 is 0 Å². The Labute approximate surface area is 115 Å². The molecule has 110 valence electrons. The number of rotatable bonds is 6. The molecule has 0 heterocycles. The molecular weight excluding hydrogens is 268 g/mol. The molecule has 1 unspecified atom stereocenters. The lowest BCUT2D eigenvalue weighted by Crippen LogP contribution is -2.50. The van der Waals surface area contributed by atoms with Crippen LogP contribution in [0.2, 0.25) is 0 Å². The van der Waals surface area contributed by atoms with Crippen LogP contribution in [0.25, 0.3) is 0 Å². The van der Waals surface area contributed by atoms with Crippen molar-refractivity contribution in [3.8, 4) is 11.5 Å². The molecule has 0 saturated heterocycles. The Kier molecular flexibility index (Phi) is 4.87. The second kappa shape index (κ2) is 6.20. The van der Waals surface area contributed by atoms with Crippen molar-refractivity contribution in [3.05, 3.63) is 28.3 Å². The number of carbonyl (C=O) groups excluding carboxylic acids is 1. The smallest absolute Gasteiger partial charge is 0.329 e. The van der Waals surface area contributed by atoms with Crippen molar-refractivity contribution < 1.29 is 23.9 Å². The first-order valence-electron chi connectivity index (χ1n) is 5.64. The third-order valence-corrected chi connectivity index (χ3v) is 2.54. The van der Waals surface area contributed by atoms with Gasteiger partial charge in [-0.3, -0.25) is 10.1 Å². The lowest BCUT2D eigenvalue weighted by Gasteiger charge is -2.21. The van der Waals surface area contributed by atoms with E-state index in [1.54, 1.807) is 0 Å². The van der Waals surface area contributed by atoms with E-state index in [-0.39, 0.29) is 23.8 Å². The first-order valence-corrected chi connectivity index (χ1v) is 5.64. The number of carbonyl (C=O) groups is 1. The number of hydrogen-bond donors (Lipinski definition) is 1. The molecule has 20 heavy (non-hydrogen) atoms. The predicted molar refractivity (Wildman–Crippen MR) is 69.8 cm³/mol. The van der Waals surface area contributed by atoms with Gasteiger partial charge in [0.15, 0.2) is 5.75 Å². The summed E-state index contributed by atoms with van der Waals surface area (Å²) in [7, 11) is 2.54. The minimum absolute atomic E-state index is 0.117. The fourth-order valence-corrected chi connectivity index (χ4v) is 1.43. The molecule has 0 saturated carbocycles. The molecule has 0 aliphatic carbocycles. The van der Waals surface area contributed by atoms with Crippen molar-refractivity contribution in [2.75, 3.05) is 20.8 Å². The van der Waals surface area contributed by atoms with Gasteiger partial charge in [0.25, 0.3) is 0 Å². The van der Waals surface area contributed by atoms with E-state index in [1.165, 1.54) is 39.3 Å². The zero-order valence-electron chi connectivity index (χ0n) is 11.4. The molecule has 2 N–H and O–H groups in total. The van der Waals surface area contributed by atoms with Gasteiger partial charge in [-0.2, -0.15) is 0 Å². The van der Waals surface area contributed by atoms with Gasteiger partial charge in [-0.1, -0.05) is 0 Å². The molecule has 1 atom stereocenters. The standard InChI is InChI=1S/C12H16N2O6/c1-12(13,11(15)19-3)7-20-8-4-5-10(18-2)9(6-8)14(16)17/h4-6H,7,13H2,1-3H3. The van der Waals surface area contributed by atoms with E-state index in [9.17, 15) is 14.9 Å². The molecule has 1 rings (SSSR count). The van der Waals surface area contributed by atoms with Crippen LogP contribution in [-0.4, -0.2) is 37.3 Å². The van der Waals surface area contributed by atoms with Gasteiger partial charge in [-0.05, 0) is 19.1 Å². The number of nitro benzene ring substituents is 1. The Morgan fingerprint density at radius 1 is 1.45 bits per heavy atom. The lowest BCUT2D eigenvalue weighted by molar-refractivity contribution is -0.385. The minimum Gasteiger partial charge on any atom is -0.491 e. The minimum atomic E-state index is -1.34. The highest BCUT2D eigenvalue weighted by atomic mass is 16.6. The van der Waals surface area contributed by atoms with Gasteiger partial charge in [0, 0.05) is 0 Å². The topological polar surface area (TPSA) is 114 Å². The fourth-order valence-electron chi connectivity index (χ4n) is 1.43. The quantitative estimate of drug-likeness (QED) is 0.468. The molecule has 8 heteroatoms. The van der Waals surface area contributed by atoms with Crippen LogP contribution in [-0.2, 0) is 9.53 Å². The number of nitro groups is 1. The van der Waals surface area contributed by atoms with Gasteiger partial charge in [0.1, 0.15) is 17.9 Å². The van der Waals surface area contributed by atoms with Crippen LogP contribution in [0, 0.1) is 10.1 Å². The highest BCUT2D eigenvalue weighted by Gasteiger charge is 2.30. The molecule has 0 aliphatic rings. The van der Waals surface area contributed by atoms with E-state index in [0.717, 1.165) is 0 Å². The van der Waals surface area contributed by atoms with Crippen molar-refractivity contribution in [3.63, 3.8) is 0 Å². The van der Waals surface area contributed by atoms with Gasteiger partial charge >= 0.3 is 11.7 Å². The van der Waals surface area contributed by atoms with Crippen LogP contribution in [0.3, 0.4) is 0 Å². The Balaban J connectivity index is 2.87. The predicted octanol–water partition coefficient (Wildman–Crippen LogP) is 0.873. The number of methoxy groups -OCH3 is 2. The molecule has 1 aromatic rings. The average molecular weight is 284 g/mol. The molecule has 0 spiro atoms. The normalized spacial score (nSPS) is 13.2. The Bertz CT molecular complexity index is 515. The molecule has 0 aromatic heterocycles. The maximum Gasteiger partial charge on any atom is 0.329 e. The second-order valence-electron chi connectivity index (χ2n) is 4.29. The third kappa shape index (κ3) is 3.58. The summed E-state index contributed by atoms with van der Waals surface area (Å²) >= 11 is 0. The maximum absolute atomic E-state index is 11.4. The molecule has 0 bridgehead atoms. The summed E-state index contributed by atoms with van der Waals surface area (Å²) in [6.45, 7) is 1.26. The third-order valence-electron chi connectivity index (χ3n) is 2.54. The Hall–Kier alpha value is -2.35. The second-order valence-corrected chi connectivity index (χ2v) is 4.29. The summed E-state index contributed by atoms with van der Waals surface area (Å²) in [5.74, 6) is -0.315. The van der Waals surface area contributed by atoms with Gasteiger partial charge in [0.05, 0.1) is 25.2 Å². The van der Waals surface area contributed by atoms with E-state index in [1.807, 2.05) is 0 Å². The zero-order chi connectivity index (χ0) is 15.3. The van der Waals surface area contributed by atoms with Gasteiger partial charge < -0.3 is 19.9 Å². The molecular formula is C12H16N2O6. The van der Waals surface area contributed by atoms with Crippen LogP contribution in [0.4, 0.5) is 5.69 Å². The van der Waals surface area contributed by atoms with Gasteiger partial charge in [0.2, 0.25) is 0 Å². The van der Waals surface area contributed by atoms with Crippen molar-refractivity contribution in [2.24, 2.45) is 5.73 Å².